The highest BCUT2D eigenvalue weighted by molar-refractivity contribution is 7.17. The molecule has 31 heavy (non-hydrogen) atoms. The number of hydrogen-bond acceptors (Lipinski definition) is 1. The van der Waals surface area contributed by atoms with Crippen molar-refractivity contribution in [2.45, 2.75) is 19.3 Å². The van der Waals surface area contributed by atoms with Gasteiger partial charge in [0.2, 0.25) is 0 Å². The first-order chi connectivity index (χ1) is 15.1. The largest absolute Gasteiger partial charge is 0.344 e. The number of hydrogen-bond donors (Lipinski definition) is 0. The Labute approximate surface area is 183 Å². The summed E-state index contributed by atoms with van der Waals surface area (Å²) >= 11 is 1.86. The first-order valence-corrected chi connectivity index (χ1v) is 11.7. The topological polar surface area (TPSA) is 9.34 Å². The van der Waals surface area contributed by atoms with Crippen LogP contribution in [0.15, 0.2) is 66.0 Å². The number of aromatic nitrogens is 2. The van der Waals surface area contributed by atoms with Gasteiger partial charge in [-0.05, 0) is 40.1 Å². The van der Waals surface area contributed by atoms with E-state index in [4.69, 9.17) is 0 Å². The Kier molecular flexibility index (Phi) is 2.62. The van der Waals surface area contributed by atoms with Crippen LogP contribution in [0.3, 0.4) is 0 Å². The van der Waals surface area contributed by atoms with Crippen molar-refractivity contribution in [1.82, 2.24) is 8.97 Å². The third-order valence-corrected chi connectivity index (χ3v) is 8.64. The third-order valence-electron chi connectivity index (χ3n) is 7.74. The molecule has 0 amide bonds. The smallest absolute Gasteiger partial charge is 0.108 e. The second kappa shape index (κ2) is 4.95. The van der Waals surface area contributed by atoms with Gasteiger partial charge in [0, 0.05) is 45.1 Å². The highest BCUT2D eigenvalue weighted by atomic mass is 32.1. The van der Waals surface area contributed by atoms with Crippen LogP contribution in [0.25, 0.3) is 59.6 Å². The summed E-state index contributed by atoms with van der Waals surface area (Å²) in [5.74, 6) is 0. The second-order valence-electron chi connectivity index (χ2n) is 9.48. The molecule has 0 radical (unpaired) electrons. The molecule has 0 saturated heterocycles. The molecule has 0 saturated carbocycles. The number of thiophene rings is 1. The molecule has 0 atom stereocenters. The molecule has 3 aromatic carbocycles. The zero-order valence-electron chi connectivity index (χ0n) is 17.7. The van der Waals surface area contributed by atoms with Crippen LogP contribution < -0.4 is 0 Å². The molecule has 0 unspecified atom stereocenters. The van der Waals surface area contributed by atoms with E-state index in [9.17, 15) is 0 Å². The average Bonchev–Trinajstić information content (AvgIpc) is 3.46. The first kappa shape index (κ1) is 16.4. The molecule has 8 rings (SSSR count). The van der Waals surface area contributed by atoms with E-state index in [0.29, 0.717) is 0 Å². The van der Waals surface area contributed by atoms with Crippen molar-refractivity contribution in [1.29, 1.82) is 0 Å². The summed E-state index contributed by atoms with van der Waals surface area (Å²) < 4.78 is 4.97. The lowest BCUT2D eigenvalue weighted by Gasteiger charge is -2.22. The maximum atomic E-state index is 2.60. The van der Waals surface area contributed by atoms with Crippen molar-refractivity contribution in [3.63, 3.8) is 0 Å². The minimum absolute atomic E-state index is 0.0649. The first-order valence-electron chi connectivity index (χ1n) is 10.9. The number of benzene rings is 3. The number of aryl methyl sites for hydroxylation is 1. The van der Waals surface area contributed by atoms with Crippen molar-refractivity contribution in [2.75, 3.05) is 0 Å². The predicted octanol–water partition coefficient (Wildman–Crippen LogP) is 7.70. The Morgan fingerprint density at radius 2 is 1.61 bits per heavy atom. The Balaban J connectivity index is 1.87. The predicted molar refractivity (Wildman–Crippen MR) is 133 cm³/mol. The highest BCUT2D eigenvalue weighted by Crippen LogP contribution is 2.54. The second-order valence-corrected chi connectivity index (χ2v) is 10.4. The Morgan fingerprint density at radius 1 is 0.774 bits per heavy atom. The molecule has 7 aromatic rings. The van der Waals surface area contributed by atoms with Crippen LogP contribution in [0.1, 0.15) is 25.0 Å². The minimum atomic E-state index is -0.0649. The van der Waals surface area contributed by atoms with Gasteiger partial charge in [-0.2, -0.15) is 0 Å². The van der Waals surface area contributed by atoms with Gasteiger partial charge in [-0.15, -0.1) is 11.3 Å². The summed E-state index contributed by atoms with van der Waals surface area (Å²) in [7, 11) is 2.21. The van der Waals surface area contributed by atoms with E-state index in [-0.39, 0.29) is 5.41 Å². The van der Waals surface area contributed by atoms with Crippen LogP contribution in [0, 0.1) is 0 Å². The van der Waals surface area contributed by atoms with Gasteiger partial charge in [-0.25, -0.2) is 0 Å². The van der Waals surface area contributed by atoms with Crippen molar-refractivity contribution in [3.8, 4) is 11.3 Å². The van der Waals surface area contributed by atoms with E-state index < -0.39 is 0 Å². The minimum Gasteiger partial charge on any atom is -0.344 e. The summed E-state index contributed by atoms with van der Waals surface area (Å²) in [5.41, 5.74) is 9.57. The van der Waals surface area contributed by atoms with Crippen LogP contribution >= 0.6 is 11.3 Å². The van der Waals surface area contributed by atoms with Crippen molar-refractivity contribution in [3.05, 3.63) is 77.2 Å². The molecule has 1 aliphatic carbocycles. The maximum Gasteiger partial charge on any atom is 0.108 e. The molecule has 0 N–H and O–H groups in total. The van der Waals surface area contributed by atoms with E-state index in [0.717, 1.165) is 0 Å². The zero-order valence-corrected chi connectivity index (χ0v) is 18.5. The van der Waals surface area contributed by atoms with Gasteiger partial charge in [-0.1, -0.05) is 56.3 Å². The van der Waals surface area contributed by atoms with Crippen LogP contribution in [-0.4, -0.2) is 8.97 Å². The monoisotopic (exact) mass is 416 g/mol. The summed E-state index contributed by atoms with van der Waals surface area (Å²) in [6.45, 7) is 4.80. The third kappa shape index (κ3) is 1.61. The van der Waals surface area contributed by atoms with Crippen molar-refractivity contribution >= 4 is 59.6 Å². The molecule has 0 spiro atoms. The quantitative estimate of drug-likeness (QED) is 0.240. The number of rotatable bonds is 0. The van der Waals surface area contributed by atoms with Gasteiger partial charge in [-0.3, -0.25) is 4.40 Å². The standard InChI is InChI=1S/C28H20N2S/c1-28(2)19-9-5-4-7-17(19)26-24(28)18-8-6-10-20-22(18)23-21(29(20)3)12-11-15-16-13-14-31-27(16)30(26)25(15)23/h4-14H,1-3H3. The van der Waals surface area contributed by atoms with Crippen LogP contribution in [0.2, 0.25) is 0 Å². The summed E-state index contributed by atoms with van der Waals surface area (Å²) in [5, 5.41) is 9.16. The summed E-state index contributed by atoms with van der Waals surface area (Å²) in [6.07, 6.45) is 0. The summed E-state index contributed by atoms with van der Waals surface area (Å²) in [4.78, 5) is 1.35. The van der Waals surface area contributed by atoms with E-state index in [2.05, 4.69) is 95.9 Å². The SMILES string of the molecule is Cn1c2cccc3c4c(n5c6sccc6c6ccc1c(c32)c65)-c1ccccc1C4(C)C. The van der Waals surface area contributed by atoms with Crippen LogP contribution in [0.4, 0.5) is 0 Å². The van der Waals surface area contributed by atoms with Gasteiger partial charge < -0.3 is 4.57 Å². The zero-order chi connectivity index (χ0) is 20.6. The lowest BCUT2D eigenvalue weighted by molar-refractivity contribution is 0.665. The van der Waals surface area contributed by atoms with Crippen molar-refractivity contribution < 1.29 is 0 Å². The molecule has 0 bridgehead atoms. The van der Waals surface area contributed by atoms with Crippen LogP contribution in [0.5, 0.6) is 0 Å². The van der Waals surface area contributed by atoms with E-state index in [1.807, 2.05) is 11.3 Å². The van der Waals surface area contributed by atoms with Gasteiger partial charge >= 0.3 is 0 Å². The fraction of sp³-hybridized carbons (Fsp3) is 0.143. The molecule has 3 heteroatoms. The Hall–Kier alpha value is -3.30. The van der Waals surface area contributed by atoms with Gasteiger partial charge in [0.25, 0.3) is 0 Å². The van der Waals surface area contributed by atoms with Crippen LogP contribution in [-0.2, 0) is 12.5 Å². The molecular formula is C28H20N2S. The van der Waals surface area contributed by atoms with Gasteiger partial charge in [0.15, 0.2) is 0 Å². The Morgan fingerprint density at radius 3 is 2.52 bits per heavy atom. The highest BCUT2D eigenvalue weighted by Gasteiger charge is 2.39. The molecular weight excluding hydrogens is 396 g/mol. The van der Waals surface area contributed by atoms with Gasteiger partial charge in [0.1, 0.15) is 4.83 Å². The van der Waals surface area contributed by atoms with E-state index in [1.54, 1.807) is 0 Å². The Bertz CT molecular complexity index is 1870. The van der Waals surface area contributed by atoms with Crippen molar-refractivity contribution in [2.24, 2.45) is 7.05 Å². The molecule has 2 nitrogen and oxygen atoms in total. The fourth-order valence-corrected chi connectivity index (χ4v) is 7.39. The number of fused-ring (bicyclic) bond motifs is 8. The maximum absolute atomic E-state index is 2.60. The molecule has 0 fully saturated rings. The summed E-state index contributed by atoms with van der Waals surface area (Å²) in [6, 6.07) is 22.8. The lowest BCUT2D eigenvalue weighted by atomic mass is 9.81. The number of nitrogens with zero attached hydrogens (tertiary/aromatic N) is 2. The molecule has 0 aliphatic heterocycles. The van der Waals surface area contributed by atoms with Gasteiger partial charge in [0.05, 0.1) is 16.7 Å². The normalized spacial score (nSPS) is 15.2. The average molecular weight is 417 g/mol. The molecule has 148 valence electrons. The molecule has 1 aliphatic rings. The van der Waals surface area contributed by atoms with E-state index in [1.165, 1.54) is 70.7 Å². The molecule has 4 heterocycles. The van der Waals surface area contributed by atoms with E-state index >= 15 is 0 Å². The fourth-order valence-electron chi connectivity index (χ4n) is 6.47. The molecule has 4 aromatic heterocycles. The lowest BCUT2D eigenvalue weighted by Crippen LogP contribution is -2.15.